The van der Waals surface area contributed by atoms with Gasteiger partial charge >= 0.3 is 0 Å². The standard InChI is InChI=1S/C19H31ClN4O.HI/c1-15(17-4-6-18(20)7-5-17)23-19(21-2)22-14-16-8-10-24(11-9-16)12-13-25-3;/h4-7,15-16H,8-14H2,1-3H3,(H2,21,22,23);1H. The second-order valence-corrected chi connectivity index (χ2v) is 7.08. The highest BCUT2D eigenvalue weighted by Crippen LogP contribution is 2.17. The molecular formula is C19H32ClIN4O. The van der Waals surface area contributed by atoms with Gasteiger partial charge < -0.3 is 20.3 Å². The predicted octanol–water partition coefficient (Wildman–Crippen LogP) is 3.54. The van der Waals surface area contributed by atoms with Gasteiger partial charge in [-0.2, -0.15) is 0 Å². The summed E-state index contributed by atoms with van der Waals surface area (Å²) >= 11 is 5.96. The van der Waals surface area contributed by atoms with E-state index in [1.807, 2.05) is 31.3 Å². The van der Waals surface area contributed by atoms with Gasteiger partial charge in [-0.3, -0.25) is 4.99 Å². The average molecular weight is 495 g/mol. The molecule has 26 heavy (non-hydrogen) atoms. The van der Waals surface area contributed by atoms with E-state index in [9.17, 15) is 0 Å². The smallest absolute Gasteiger partial charge is 0.191 e. The van der Waals surface area contributed by atoms with Gasteiger partial charge in [0.25, 0.3) is 0 Å². The van der Waals surface area contributed by atoms with Crippen LogP contribution in [0.5, 0.6) is 0 Å². The van der Waals surface area contributed by atoms with E-state index in [2.05, 4.69) is 27.4 Å². The molecule has 1 heterocycles. The molecule has 1 unspecified atom stereocenters. The summed E-state index contributed by atoms with van der Waals surface area (Å²) in [5, 5.41) is 7.69. The minimum Gasteiger partial charge on any atom is -0.383 e. The molecule has 2 N–H and O–H groups in total. The largest absolute Gasteiger partial charge is 0.383 e. The zero-order valence-corrected chi connectivity index (χ0v) is 19.1. The zero-order valence-electron chi connectivity index (χ0n) is 16.0. The fraction of sp³-hybridized carbons (Fsp3) is 0.632. The van der Waals surface area contributed by atoms with Gasteiger partial charge in [-0.15, -0.1) is 24.0 Å². The van der Waals surface area contributed by atoms with E-state index < -0.39 is 0 Å². The Morgan fingerprint density at radius 2 is 1.96 bits per heavy atom. The summed E-state index contributed by atoms with van der Waals surface area (Å²) in [6.07, 6.45) is 2.45. The molecule has 1 aliphatic rings. The number of halogens is 2. The highest BCUT2D eigenvalue weighted by molar-refractivity contribution is 14.0. The number of guanidine groups is 1. The number of hydrogen-bond acceptors (Lipinski definition) is 3. The number of hydrogen-bond donors (Lipinski definition) is 2. The SMILES string of the molecule is CN=C(NCC1CCN(CCOC)CC1)NC(C)c1ccc(Cl)cc1.I. The van der Waals surface area contributed by atoms with E-state index in [0.717, 1.165) is 43.8 Å². The number of likely N-dealkylation sites (tertiary alicyclic amines) is 1. The third-order valence-electron chi connectivity index (χ3n) is 4.82. The lowest BCUT2D eigenvalue weighted by Crippen LogP contribution is -2.43. The van der Waals surface area contributed by atoms with Gasteiger partial charge in [-0.25, -0.2) is 0 Å². The molecule has 5 nitrogen and oxygen atoms in total. The third kappa shape index (κ3) is 7.98. The fourth-order valence-corrected chi connectivity index (χ4v) is 3.24. The van der Waals surface area contributed by atoms with Crippen molar-refractivity contribution in [1.82, 2.24) is 15.5 Å². The lowest BCUT2D eigenvalue weighted by molar-refractivity contribution is 0.121. The summed E-state index contributed by atoms with van der Waals surface area (Å²) in [4.78, 5) is 6.83. The van der Waals surface area contributed by atoms with Gasteiger partial charge in [0.15, 0.2) is 5.96 Å². The number of methoxy groups -OCH3 is 1. The van der Waals surface area contributed by atoms with Crippen molar-refractivity contribution < 1.29 is 4.74 Å². The molecule has 1 aromatic carbocycles. The van der Waals surface area contributed by atoms with E-state index in [1.54, 1.807) is 7.11 Å². The Bertz CT molecular complexity index is 533. The van der Waals surface area contributed by atoms with E-state index in [4.69, 9.17) is 16.3 Å². The molecule has 1 aromatic rings. The number of nitrogens with zero attached hydrogens (tertiary/aromatic N) is 2. The lowest BCUT2D eigenvalue weighted by atomic mass is 9.97. The first-order chi connectivity index (χ1) is 12.1. The van der Waals surface area contributed by atoms with Crippen LogP contribution in [0.4, 0.5) is 0 Å². The van der Waals surface area contributed by atoms with Crippen LogP contribution in [0.3, 0.4) is 0 Å². The Balaban J connectivity index is 0.00000338. The Morgan fingerprint density at radius 1 is 1.31 bits per heavy atom. The van der Waals surface area contributed by atoms with Crippen LogP contribution in [-0.4, -0.2) is 57.8 Å². The molecule has 0 aromatic heterocycles. The monoisotopic (exact) mass is 494 g/mol. The van der Waals surface area contributed by atoms with E-state index in [0.29, 0.717) is 5.92 Å². The van der Waals surface area contributed by atoms with Crippen molar-refractivity contribution in [3.63, 3.8) is 0 Å². The Morgan fingerprint density at radius 3 is 2.54 bits per heavy atom. The number of piperidine rings is 1. The van der Waals surface area contributed by atoms with Gasteiger partial charge in [-0.1, -0.05) is 23.7 Å². The minimum atomic E-state index is 0. The fourth-order valence-electron chi connectivity index (χ4n) is 3.11. The van der Waals surface area contributed by atoms with Crippen molar-refractivity contribution >= 4 is 41.5 Å². The van der Waals surface area contributed by atoms with Crippen LogP contribution in [0.15, 0.2) is 29.3 Å². The van der Waals surface area contributed by atoms with Gasteiger partial charge in [0.2, 0.25) is 0 Å². The van der Waals surface area contributed by atoms with Crippen LogP contribution in [-0.2, 0) is 4.74 Å². The summed E-state index contributed by atoms with van der Waals surface area (Å²) in [7, 11) is 3.58. The topological polar surface area (TPSA) is 48.9 Å². The zero-order chi connectivity index (χ0) is 18.1. The highest BCUT2D eigenvalue weighted by Gasteiger charge is 2.19. The second-order valence-electron chi connectivity index (χ2n) is 6.65. The Labute approximate surface area is 179 Å². The van der Waals surface area contributed by atoms with Crippen molar-refractivity contribution in [2.24, 2.45) is 10.9 Å². The quantitative estimate of drug-likeness (QED) is 0.346. The van der Waals surface area contributed by atoms with Crippen LogP contribution in [0.2, 0.25) is 5.02 Å². The molecule has 0 bridgehead atoms. The van der Waals surface area contributed by atoms with Crippen LogP contribution in [0.25, 0.3) is 0 Å². The van der Waals surface area contributed by atoms with Crippen LogP contribution < -0.4 is 10.6 Å². The molecule has 0 radical (unpaired) electrons. The number of rotatable bonds is 7. The Kier molecular flexibility index (Phi) is 11.5. The van der Waals surface area contributed by atoms with E-state index in [-0.39, 0.29) is 30.0 Å². The molecule has 2 rings (SSSR count). The second kappa shape index (κ2) is 12.8. The van der Waals surface area contributed by atoms with E-state index >= 15 is 0 Å². The first-order valence-corrected chi connectivity index (χ1v) is 9.44. The van der Waals surface area contributed by atoms with Crippen LogP contribution in [0, 0.1) is 5.92 Å². The summed E-state index contributed by atoms with van der Waals surface area (Å²) in [5.74, 6) is 1.55. The molecule has 1 saturated heterocycles. The molecule has 0 aliphatic carbocycles. The predicted molar refractivity (Wildman–Crippen MR) is 121 cm³/mol. The van der Waals surface area contributed by atoms with Crippen LogP contribution in [0.1, 0.15) is 31.4 Å². The lowest BCUT2D eigenvalue weighted by Gasteiger charge is -2.32. The minimum absolute atomic E-state index is 0. The number of benzene rings is 1. The maximum atomic E-state index is 5.96. The maximum absolute atomic E-state index is 5.96. The first kappa shape index (κ1) is 23.5. The van der Waals surface area contributed by atoms with Gasteiger partial charge in [0, 0.05) is 32.3 Å². The summed E-state index contributed by atoms with van der Waals surface area (Å²) in [6, 6.07) is 8.11. The van der Waals surface area contributed by atoms with Gasteiger partial charge in [0.05, 0.1) is 12.6 Å². The number of aliphatic imine (C=N–C) groups is 1. The third-order valence-corrected chi connectivity index (χ3v) is 5.08. The number of ether oxygens (including phenoxy) is 1. The molecule has 148 valence electrons. The van der Waals surface area contributed by atoms with Crippen molar-refractivity contribution in [3.05, 3.63) is 34.9 Å². The molecule has 1 atom stereocenters. The van der Waals surface area contributed by atoms with Crippen molar-refractivity contribution in [2.75, 3.05) is 46.9 Å². The molecule has 7 heteroatoms. The van der Waals surface area contributed by atoms with Crippen LogP contribution >= 0.6 is 35.6 Å². The Hall–Kier alpha value is -0.570. The molecular weight excluding hydrogens is 463 g/mol. The van der Waals surface area contributed by atoms with E-state index in [1.165, 1.54) is 18.4 Å². The first-order valence-electron chi connectivity index (χ1n) is 9.06. The summed E-state index contributed by atoms with van der Waals surface area (Å²) in [6.45, 7) is 7.27. The molecule has 0 amide bonds. The summed E-state index contributed by atoms with van der Waals surface area (Å²) < 4.78 is 5.16. The summed E-state index contributed by atoms with van der Waals surface area (Å²) in [5.41, 5.74) is 1.19. The average Bonchev–Trinajstić information content (AvgIpc) is 2.64. The van der Waals surface area contributed by atoms with Crippen molar-refractivity contribution in [1.29, 1.82) is 0 Å². The van der Waals surface area contributed by atoms with Gasteiger partial charge in [-0.05, 0) is 56.5 Å². The number of nitrogens with one attached hydrogen (secondary N) is 2. The molecule has 0 saturated carbocycles. The van der Waals surface area contributed by atoms with Crippen molar-refractivity contribution in [2.45, 2.75) is 25.8 Å². The highest BCUT2D eigenvalue weighted by atomic mass is 127. The van der Waals surface area contributed by atoms with Crippen molar-refractivity contribution in [3.8, 4) is 0 Å². The normalized spacial score (nSPS) is 17.5. The molecule has 1 aliphatic heterocycles. The molecule has 1 fully saturated rings. The van der Waals surface area contributed by atoms with Gasteiger partial charge in [0.1, 0.15) is 0 Å². The molecule has 0 spiro atoms. The maximum Gasteiger partial charge on any atom is 0.191 e.